The molecule has 0 aliphatic carbocycles. The molecule has 0 amide bonds. The summed E-state index contributed by atoms with van der Waals surface area (Å²) in [5.41, 5.74) is 0. The maximum Gasteiger partial charge on any atom is 0.0634 e. The molecule has 0 saturated carbocycles. The van der Waals surface area contributed by atoms with Crippen molar-refractivity contribution in [3.8, 4) is 0 Å². The highest BCUT2D eigenvalue weighted by molar-refractivity contribution is 7.78. The highest BCUT2D eigenvalue weighted by atomic mass is 32.1. The van der Waals surface area contributed by atoms with E-state index >= 15 is 0 Å². The van der Waals surface area contributed by atoms with Crippen LogP contribution in [0.15, 0.2) is 34.5 Å². The number of unbranched alkanes of at least 4 members (excludes halogenated alkanes) is 7. The number of nitrogens with zero attached hydrogens (tertiary/aromatic N) is 2. The van der Waals surface area contributed by atoms with Crippen LogP contribution in [-0.2, 0) is 0 Å². The van der Waals surface area contributed by atoms with Gasteiger partial charge in [0, 0.05) is 12.4 Å². The van der Waals surface area contributed by atoms with Gasteiger partial charge in [-0.1, -0.05) is 37.8 Å². The van der Waals surface area contributed by atoms with Crippen molar-refractivity contribution in [3.63, 3.8) is 0 Å². The largest absolute Gasteiger partial charge is 0.203 e. The normalized spacial score (nSPS) is 10.4. The van der Waals surface area contributed by atoms with Gasteiger partial charge >= 0.3 is 0 Å². The molecule has 0 aromatic rings. The van der Waals surface area contributed by atoms with E-state index in [4.69, 9.17) is 0 Å². The maximum absolute atomic E-state index is 4.46. The average Bonchev–Trinajstić information content (AvgIpc) is 2.39. The van der Waals surface area contributed by atoms with Crippen LogP contribution in [0.1, 0.15) is 51.4 Å². The van der Waals surface area contributed by atoms with Crippen molar-refractivity contribution >= 4 is 34.8 Å². The SMILES string of the molecule is S=C=N/C=C\CCCCCCCC/C=C\N=C=S. The summed E-state index contributed by atoms with van der Waals surface area (Å²) < 4.78 is 0. The van der Waals surface area contributed by atoms with Crippen LogP contribution in [0, 0.1) is 0 Å². The zero-order chi connectivity index (χ0) is 13.3. The molecule has 0 spiro atoms. The number of hydrogen-bond donors (Lipinski definition) is 0. The third-order valence-corrected chi connectivity index (χ3v) is 2.67. The predicted molar refractivity (Wildman–Crippen MR) is 85.3 cm³/mol. The highest BCUT2D eigenvalue weighted by Crippen LogP contribution is 2.09. The van der Waals surface area contributed by atoms with Gasteiger partial charge < -0.3 is 0 Å². The summed E-state index contributed by atoms with van der Waals surface area (Å²) >= 11 is 8.92. The molecule has 0 fully saturated rings. The Morgan fingerprint density at radius 3 is 1.44 bits per heavy atom. The first-order chi connectivity index (χ1) is 8.91. The summed E-state index contributed by atoms with van der Waals surface area (Å²) in [7, 11) is 0. The minimum atomic E-state index is 1.08. The van der Waals surface area contributed by atoms with E-state index in [0.29, 0.717) is 0 Å². The van der Waals surface area contributed by atoms with Gasteiger partial charge in [0.05, 0.1) is 10.3 Å². The summed E-state index contributed by atoms with van der Waals surface area (Å²) in [6, 6.07) is 0. The maximum atomic E-state index is 4.46. The second kappa shape index (κ2) is 16.1. The molecule has 0 radical (unpaired) electrons. The van der Waals surface area contributed by atoms with Crippen LogP contribution in [-0.4, -0.2) is 10.3 Å². The molecule has 4 heteroatoms. The molecule has 0 aromatic carbocycles. The lowest BCUT2D eigenvalue weighted by Crippen LogP contribution is -1.79. The van der Waals surface area contributed by atoms with Gasteiger partial charge in [0.2, 0.25) is 0 Å². The van der Waals surface area contributed by atoms with E-state index in [1.54, 1.807) is 12.4 Å². The molecule has 0 atom stereocenters. The van der Waals surface area contributed by atoms with Crippen LogP contribution in [0.3, 0.4) is 0 Å². The quantitative estimate of drug-likeness (QED) is 0.290. The Morgan fingerprint density at radius 2 is 1.06 bits per heavy atom. The van der Waals surface area contributed by atoms with Crippen molar-refractivity contribution < 1.29 is 0 Å². The van der Waals surface area contributed by atoms with E-state index in [-0.39, 0.29) is 0 Å². The molecular formula is C14H20N2S2. The Morgan fingerprint density at radius 1 is 0.667 bits per heavy atom. The summed E-state index contributed by atoms with van der Waals surface area (Å²) in [5, 5.41) is 4.62. The van der Waals surface area contributed by atoms with Gasteiger partial charge in [0.25, 0.3) is 0 Å². The summed E-state index contributed by atoms with van der Waals surface area (Å²) in [6.07, 6.45) is 17.4. The van der Waals surface area contributed by atoms with Crippen LogP contribution in [0.5, 0.6) is 0 Å². The fourth-order valence-electron chi connectivity index (χ4n) is 1.55. The van der Waals surface area contributed by atoms with E-state index in [9.17, 15) is 0 Å². The molecule has 0 aromatic heterocycles. The standard InChI is InChI=1S/C14H20N2S2/c17-13-15-11-9-7-5-3-1-2-4-6-8-10-12-16-14-18/h9-12H,1-8H2/b11-9-,12-10-. The predicted octanol–water partition coefficient (Wildman–Crippen LogP) is 5.34. The molecule has 0 N–H and O–H groups in total. The topological polar surface area (TPSA) is 24.7 Å². The third-order valence-electron chi connectivity index (χ3n) is 2.46. The number of hydrogen-bond acceptors (Lipinski definition) is 4. The first kappa shape index (κ1) is 17.1. The molecule has 2 nitrogen and oxygen atoms in total. The lowest BCUT2D eigenvalue weighted by molar-refractivity contribution is 0.600. The monoisotopic (exact) mass is 280 g/mol. The van der Waals surface area contributed by atoms with Crippen molar-refractivity contribution in [1.29, 1.82) is 0 Å². The van der Waals surface area contributed by atoms with Gasteiger partial charge in [-0.3, -0.25) is 0 Å². The summed E-state index contributed by atoms with van der Waals surface area (Å²) in [5.74, 6) is 0. The highest BCUT2D eigenvalue weighted by Gasteiger charge is 1.89. The van der Waals surface area contributed by atoms with Crippen LogP contribution in [0.25, 0.3) is 0 Å². The van der Waals surface area contributed by atoms with E-state index in [1.807, 2.05) is 12.2 Å². The molecular weight excluding hydrogens is 260 g/mol. The van der Waals surface area contributed by atoms with Gasteiger partial charge in [-0.05, 0) is 50.1 Å². The zero-order valence-corrected chi connectivity index (χ0v) is 12.3. The fourth-order valence-corrected chi connectivity index (χ4v) is 1.67. The van der Waals surface area contributed by atoms with Gasteiger partial charge in [-0.15, -0.1) is 0 Å². The first-order valence-electron chi connectivity index (χ1n) is 6.36. The summed E-state index contributed by atoms with van der Waals surface area (Å²) in [6.45, 7) is 0. The second-order valence-electron chi connectivity index (χ2n) is 3.91. The minimum Gasteiger partial charge on any atom is -0.203 e. The Balaban J connectivity index is 3.16. The third kappa shape index (κ3) is 15.1. The molecule has 0 aliphatic heterocycles. The van der Waals surface area contributed by atoms with E-state index < -0.39 is 0 Å². The van der Waals surface area contributed by atoms with Crippen molar-refractivity contribution in [2.45, 2.75) is 51.4 Å². The van der Waals surface area contributed by atoms with Crippen LogP contribution < -0.4 is 0 Å². The van der Waals surface area contributed by atoms with Gasteiger partial charge in [0.15, 0.2) is 0 Å². The van der Waals surface area contributed by atoms with Crippen LogP contribution in [0.2, 0.25) is 0 Å². The Kier molecular flexibility index (Phi) is 15.3. The van der Waals surface area contributed by atoms with Crippen molar-refractivity contribution in [2.75, 3.05) is 0 Å². The van der Waals surface area contributed by atoms with Gasteiger partial charge in [0.1, 0.15) is 0 Å². The lowest BCUT2D eigenvalue weighted by Gasteiger charge is -1.98. The van der Waals surface area contributed by atoms with E-state index in [0.717, 1.165) is 12.8 Å². The molecule has 0 unspecified atom stereocenters. The van der Waals surface area contributed by atoms with Crippen molar-refractivity contribution in [2.24, 2.45) is 9.98 Å². The fraction of sp³-hybridized carbons (Fsp3) is 0.571. The lowest BCUT2D eigenvalue weighted by atomic mass is 10.1. The molecule has 0 heterocycles. The number of rotatable bonds is 11. The Hall–Kier alpha value is -0.920. The number of thiocarbonyl (C=S) groups is 2. The molecule has 0 bridgehead atoms. The second-order valence-corrected chi connectivity index (χ2v) is 4.27. The van der Waals surface area contributed by atoms with Crippen LogP contribution in [0.4, 0.5) is 0 Å². The molecule has 0 aliphatic rings. The number of aliphatic imine (C=N–C) groups is 2. The van der Waals surface area contributed by atoms with Crippen molar-refractivity contribution in [3.05, 3.63) is 24.6 Å². The molecule has 98 valence electrons. The van der Waals surface area contributed by atoms with Gasteiger partial charge in [-0.2, -0.15) is 0 Å². The zero-order valence-electron chi connectivity index (χ0n) is 10.7. The number of isothiocyanates is 2. The Labute approximate surface area is 121 Å². The molecule has 18 heavy (non-hydrogen) atoms. The van der Waals surface area contributed by atoms with Crippen molar-refractivity contribution in [1.82, 2.24) is 0 Å². The first-order valence-corrected chi connectivity index (χ1v) is 7.17. The number of allylic oxidation sites excluding steroid dienone is 2. The van der Waals surface area contributed by atoms with E-state index in [1.165, 1.54) is 38.5 Å². The molecule has 0 saturated heterocycles. The van der Waals surface area contributed by atoms with E-state index in [2.05, 4.69) is 44.7 Å². The Bertz CT molecular complexity index is 302. The minimum absolute atomic E-state index is 1.08. The van der Waals surface area contributed by atoms with Crippen LogP contribution >= 0.6 is 24.4 Å². The smallest absolute Gasteiger partial charge is 0.0634 e. The summed E-state index contributed by atoms with van der Waals surface area (Å²) in [4.78, 5) is 7.44. The molecule has 0 rings (SSSR count). The van der Waals surface area contributed by atoms with Gasteiger partial charge in [-0.25, -0.2) is 9.98 Å². The average molecular weight is 280 g/mol.